The van der Waals surface area contributed by atoms with Crippen LogP contribution in [0.5, 0.6) is 0 Å². The van der Waals surface area contributed by atoms with Gasteiger partial charge in [-0.1, -0.05) is 6.92 Å². The zero-order valence-electron chi connectivity index (χ0n) is 11.8. The molecule has 0 aliphatic rings. The van der Waals surface area contributed by atoms with Crippen LogP contribution >= 0.6 is 0 Å². The van der Waals surface area contributed by atoms with Crippen LogP contribution in [-0.2, 0) is 14.2 Å². The maximum absolute atomic E-state index is 10.4. The summed E-state index contributed by atoms with van der Waals surface area (Å²) in [5.41, 5.74) is -0.368. The van der Waals surface area contributed by atoms with Gasteiger partial charge in [-0.25, -0.2) is 4.79 Å². The first-order valence-electron chi connectivity index (χ1n) is 5.40. The zero-order valence-corrected chi connectivity index (χ0v) is 11.8. The van der Waals surface area contributed by atoms with Gasteiger partial charge in [0.25, 0.3) is 0 Å². The number of rotatable bonds is 2. The van der Waals surface area contributed by atoms with Gasteiger partial charge in [0.15, 0.2) is 0 Å². The molecule has 0 rings (SSSR count). The molecule has 0 saturated carbocycles. The van der Waals surface area contributed by atoms with Crippen molar-refractivity contribution < 1.29 is 19.0 Å². The van der Waals surface area contributed by atoms with E-state index in [2.05, 4.69) is 25.5 Å². The maximum Gasteiger partial charge on any atom is 0.508 e. The third-order valence-electron chi connectivity index (χ3n) is 1.96. The van der Waals surface area contributed by atoms with Crippen molar-refractivity contribution in [2.45, 2.75) is 59.2 Å². The molecule has 0 N–H and O–H groups in total. The molecule has 16 heavy (non-hydrogen) atoms. The lowest BCUT2D eigenvalue weighted by Gasteiger charge is -2.19. The number of methoxy groups -OCH3 is 2. The van der Waals surface area contributed by atoms with E-state index < -0.39 is 11.8 Å². The summed E-state index contributed by atoms with van der Waals surface area (Å²) in [7, 11) is 3.03. The number of hydrogen-bond acceptors (Lipinski definition) is 4. The van der Waals surface area contributed by atoms with E-state index in [1.54, 1.807) is 27.9 Å². The van der Waals surface area contributed by atoms with E-state index in [0.29, 0.717) is 0 Å². The lowest BCUT2D eigenvalue weighted by molar-refractivity contribution is 0.00339. The van der Waals surface area contributed by atoms with Crippen molar-refractivity contribution in [3.63, 3.8) is 0 Å². The van der Waals surface area contributed by atoms with Gasteiger partial charge >= 0.3 is 6.16 Å². The van der Waals surface area contributed by atoms with E-state index in [4.69, 9.17) is 9.47 Å². The first-order chi connectivity index (χ1) is 7.08. The largest absolute Gasteiger partial charge is 0.508 e. The highest BCUT2D eigenvalue weighted by Gasteiger charge is 2.15. The van der Waals surface area contributed by atoms with Gasteiger partial charge in [-0.05, 0) is 41.0 Å². The molecule has 0 radical (unpaired) electrons. The van der Waals surface area contributed by atoms with Crippen LogP contribution in [-0.4, -0.2) is 31.6 Å². The normalized spacial score (nSPS) is 11.2. The highest BCUT2D eigenvalue weighted by molar-refractivity contribution is 5.60. The second-order valence-corrected chi connectivity index (χ2v) is 4.99. The predicted octanol–water partition coefficient (Wildman–Crippen LogP) is 3.39. The summed E-state index contributed by atoms with van der Waals surface area (Å²) in [4.78, 5) is 10.4. The molecular weight excluding hydrogens is 208 g/mol. The molecule has 0 aromatic heterocycles. The summed E-state index contributed by atoms with van der Waals surface area (Å²) in [5, 5.41) is 0. The Kier molecular flexibility index (Phi) is 8.25. The van der Waals surface area contributed by atoms with Gasteiger partial charge in [0.2, 0.25) is 0 Å². The summed E-state index contributed by atoms with van der Waals surface area (Å²) in [6.45, 7) is 11.6. The fourth-order valence-electron chi connectivity index (χ4n) is 0.436. The SMILES string of the molecule is CCC(C)(C)OC.COC(=O)OC(C)(C)C. The van der Waals surface area contributed by atoms with Crippen LogP contribution in [0.2, 0.25) is 0 Å². The average molecular weight is 234 g/mol. The summed E-state index contributed by atoms with van der Waals surface area (Å²) in [5.74, 6) is 0. The van der Waals surface area contributed by atoms with Gasteiger partial charge in [-0.15, -0.1) is 0 Å². The van der Waals surface area contributed by atoms with Crippen LogP contribution in [0.3, 0.4) is 0 Å². The van der Waals surface area contributed by atoms with E-state index in [0.717, 1.165) is 6.42 Å². The summed E-state index contributed by atoms with van der Waals surface area (Å²) >= 11 is 0. The molecule has 0 aliphatic heterocycles. The molecule has 98 valence electrons. The van der Waals surface area contributed by atoms with Crippen molar-refractivity contribution in [1.29, 1.82) is 0 Å². The van der Waals surface area contributed by atoms with E-state index >= 15 is 0 Å². The minimum atomic E-state index is -0.637. The predicted molar refractivity (Wildman–Crippen MR) is 64.6 cm³/mol. The molecule has 0 bridgehead atoms. The van der Waals surface area contributed by atoms with Crippen molar-refractivity contribution >= 4 is 6.16 Å². The lowest BCUT2D eigenvalue weighted by atomic mass is 10.1. The molecule has 0 atom stereocenters. The van der Waals surface area contributed by atoms with E-state index in [1.807, 2.05) is 0 Å². The van der Waals surface area contributed by atoms with Crippen molar-refractivity contribution in [2.75, 3.05) is 14.2 Å². The molecule has 0 saturated heterocycles. The van der Waals surface area contributed by atoms with Gasteiger partial charge in [0.05, 0.1) is 12.7 Å². The molecule has 0 heterocycles. The Morgan fingerprint density at radius 1 is 1.06 bits per heavy atom. The number of hydrogen-bond donors (Lipinski definition) is 0. The van der Waals surface area contributed by atoms with Crippen LogP contribution in [0, 0.1) is 0 Å². The molecular formula is C12H26O4. The Bertz CT molecular complexity index is 186. The lowest BCUT2D eigenvalue weighted by Crippen LogP contribution is -2.23. The summed E-state index contributed by atoms with van der Waals surface area (Å²) in [6.07, 6.45) is 0.436. The Balaban J connectivity index is 0. The van der Waals surface area contributed by atoms with Crippen molar-refractivity contribution in [3.05, 3.63) is 0 Å². The van der Waals surface area contributed by atoms with E-state index in [1.165, 1.54) is 7.11 Å². The number of ether oxygens (including phenoxy) is 3. The van der Waals surface area contributed by atoms with Crippen molar-refractivity contribution in [3.8, 4) is 0 Å². The number of carbonyl (C=O) groups excluding carboxylic acids is 1. The van der Waals surface area contributed by atoms with Crippen LogP contribution < -0.4 is 0 Å². The molecule has 4 nitrogen and oxygen atoms in total. The maximum atomic E-state index is 10.4. The van der Waals surface area contributed by atoms with E-state index in [-0.39, 0.29) is 5.60 Å². The fourth-order valence-corrected chi connectivity index (χ4v) is 0.436. The summed E-state index contributed by atoms with van der Waals surface area (Å²) < 4.78 is 14.1. The van der Waals surface area contributed by atoms with Gasteiger partial charge in [0.1, 0.15) is 5.60 Å². The minimum Gasteiger partial charge on any atom is -0.438 e. The first-order valence-corrected chi connectivity index (χ1v) is 5.40. The van der Waals surface area contributed by atoms with Gasteiger partial charge in [0, 0.05) is 7.11 Å². The quantitative estimate of drug-likeness (QED) is 0.687. The standard InChI is InChI=1S/C6H12O3.C6H14O/c1-6(2,3)9-5(7)8-4;1-5-6(2,3)7-4/h1-4H3;5H2,1-4H3. The Hall–Kier alpha value is -0.770. The molecule has 0 aromatic carbocycles. The molecule has 0 spiro atoms. The topological polar surface area (TPSA) is 44.8 Å². The zero-order chi connectivity index (χ0) is 13.4. The highest BCUT2D eigenvalue weighted by Crippen LogP contribution is 2.10. The molecule has 4 heteroatoms. The average Bonchev–Trinajstić information content (AvgIpc) is 2.16. The highest BCUT2D eigenvalue weighted by atomic mass is 16.7. The minimum absolute atomic E-state index is 0.0833. The van der Waals surface area contributed by atoms with Gasteiger partial charge in [-0.2, -0.15) is 0 Å². The van der Waals surface area contributed by atoms with Crippen molar-refractivity contribution in [2.24, 2.45) is 0 Å². The summed E-state index contributed by atoms with van der Waals surface area (Å²) in [6, 6.07) is 0. The second kappa shape index (κ2) is 7.49. The smallest absolute Gasteiger partial charge is 0.438 e. The number of carbonyl (C=O) groups is 1. The molecule has 0 aromatic rings. The van der Waals surface area contributed by atoms with Crippen molar-refractivity contribution in [1.82, 2.24) is 0 Å². The van der Waals surface area contributed by atoms with Crippen LogP contribution in [0.15, 0.2) is 0 Å². The second-order valence-electron chi connectivity index (χ2n) is 4.99. The van der Waals surface area contributed by atoms with E-state index in [9.17, 15) is 4.79 Å². The van der Waals surface area contributed by atoms with Crippen LogP contribution in [0.4, 0.5) is 4.79 Å². The Morgan fingerprint density at radius 3 is 1.56 bits per heavy atom. The first kappa shape index (κ1) is 17.6. The third-order valence-corrected chi connectivity index (χ3v) is 1.96. The Labute approximate surface area is 99.3 Å². The molecule has 0 amide bonds. The fraction of sp³-hybridized carbons (Fsp3) is 0.917. The molecule has 0 fully saturated rings. The van der Waals surface area contributed by atoms with Gasteiger partial charge in [-0.3, -0.25) is 0 Å². The Morgan fingerprint density at radius 2 is 1.50 bits per heavy atom. The monoisotopic (exact) mass is 234 g/mol. The van der Waals surface area contributed by atoms with Crippen LogP contribution in [0.25, 0.3) is 0 Å². The molecule has 0 aliphatic carbocycles. The molecule has 0 unspecified atom stereocenters. The van der Waals surface area contributed by atoms with Crippen LogP contribution in [0.1, 0.15) is 48.0 Å². The third kappa shape index (κ3) is 13.2. The van der Waals surface area contributed by atoms with Gasteiger partial charge < -0.3 is 14.2 Å².